The standard InChI is InChI=1S/C17H19N3O4/c1-22-16-17(19-9-8-18-16)24-14-4-2-10-20(12-14)15(21)7-6-13-5-3-11-23-13/h3,5-9,11,14H,2,4,10,12H2,1H3/b7-6+/t14-/m1/s1. The first-order valence-electron chi connectivity index (χ1n) is 7.78. The van der Waals surface area contributed by atoms with Gasteiger partial charge in [0, 0.05) is 25.0 Å². The van der Waals surface area contributed by atoms with E-state index in [4.69, 9.17) is 13.9 Å². The molecule has 0 N–H and O–H groups in total. The van der Waals surface area contributed by atoms with Crippen molar-refractivity contribution in [3.05, 3.63) is 42.6 Å². The zero-order valence-corrected chi connectivity index (χ0v) is 13.4. The van der Waals surface area contributed by atoms with Gasteiger partial charge < -0.3 is 18.8 Å². The summed E-state index contributed by atoms with van der Waals surface area (Å²) in [6.07, 6.45) is 9.44. The molecule has 3 heterocycles. The molecule has 7 nitrogen and oxygen atoms in total. The smallest absolute Gasteiger partial charge is 0.278 e. The summed E-state index contributed by atoms with van der Waals surface area (Å²) < 4.78 is 16.2. The van der Waals surface area contributed by atoms with Gasteiger partial charge in [0.15, 0.2) is 0 Å². The molecule has 1 aliphatic rings. The number of rotatable bonds is 5. The van der Waals surface area contributed by atoms with Gasteiger partial charge in [0.05, 0.1) is 19.9 Å². The molecule has 0 unspecified atom stereocenters. The quantitative estimate of drug-likeness (QED) is 0.782. The number of aromatic nitrogens is 2. The van der Waals surface area contributed by atoms with E-state index in [1.807, 2.05) is 0 Å². The minimum absolute atomic E-state index is 0.0641. The van der Waals surface area contributed by atoms with Crippen molar-refractivity contribution in [3.63, 3.8) is 0 Å². The molecule has 1 amide bonds. The highest BCUT2D eigenvalue weighted by molar-refractivity contribution is 5.91. The van der Waals surface area contributed by atoms with Gasteiger partial charge in [-0.15, -0.1) is 0 Å². The molecule has 3 rings (SSSR count). The highest BCUT2D eigenvalue weighted by Gasteiger charge is 2.25. The average molecular weight is 329 g/mol. The van der Waals surface area contributed by atoms with E-state index in [0.717, 1.165) is 12.8 Å². The van der Waals surface area contributed by atoms with Crippen LogP contribution in [0.2, 0.25) is 0 Å². The summed E-state index contributed by atoms with van der Waals surface area (Å²) in [6, 6.07) is 3.58. The third-order valence-corrected chi connectivity index (χ3v) is 3.73. The van der Waals surface area contributed by atoms with Gasteiger partial charge in [-0.1, -0.05) is 0 Å². The second-order valence-corrected chi connectivity index (χ2v) is 5.39. The van der Waals surface area contributed by atoms with Crippen LogP contribution in [-0.2, 0) is 4.79 Å². The first kappa shape index (κ1) is 16.0. The first-order chi connectivity index (χ1) is 11.8. The van der Waals surface area contributed by atoms with E-state index in [9.17, 15) is 4.79 Å². The lowest BCUT2D eigenvalue weighted by atomic mass is 10.1. The number of likely N-dealkylation sites (tertiary alicyclic amines) is 1. The van der Waals surface area contributed by atoms with Crippen LogP contribution in [0.5, 0.6) is 11.8 Å². The summed E-state index contributed by atoms with van der Waals surface area (Å²) >= 11 is 0. The maximum atomic E-state index is 12.3. The Bertz CT molecular complexity index is 700. The Morgan fingerprint density at radius 3 is 2.96 bits per heavy atom. The molecule has 2 aromatic rings. The van der Waals surface area contributed by atoms with Crippen LogP contribution >= 0.6 is 0 Å². The molecule has 0 aromatic carbocycles. The van der Waals surface area contributed by atoms with Gasteiger partial charge in [-0.3, -0.25) is 4.79 Å². The fourth-order valence-electron chi connectivity index (χ4n) is 2.57. The van der Waals surface area contributed by atoms with Crippen LogP contribution in [0.4, 0.5) is 0 Å². The number of ether oxygens (including phenoxy) is 2. The molecular weight excluding hydrogens is 310 g/mol. The number of piperidine rings is 1. The Kier molecular flexibility index (Phi) is 5.10. The van der Waals surface area contributed by atoms with Gasteiger partial charge in [-0.05, 0) is 31.1 Å². The van der Waals surface area contributed by atoms with E-state index >= 15 is 0 Å². The Balaban J connectivity index is 1.60. The van der Waals surface area contributed by atoms with E-state index in [1.165, 1.54) is 13.2 Å². The van der Waals surface area contributed by atoms with Gasteiger partial charge in [0.2, 0.25) is 5.91 Å². The molecule has 0 radical (unpaired) electrons. The van der Waals surface area contributed by atoms with Gasteiger partial charge in [-0.2, -0.15) is 0 Å². The van der Waals surface area contributed by atoms with Crippen LogP contribution in [0.15, 0.2) is 41.3 Å². The third-order valence-electron chi connectivity index (χ3n) is 3.73. The maximum Gasteiger partial charge on any atom is 0.278 e. The van der Waals surface area contributed by atoms with Crippen LogP contribution in [0, 0.1) is 0 Å². The average Bonchev–Trinajstić information content (AvgIpc) is 3.14. The Labute approximate surface area is 139 Å². The Morgan fingerprint density at radius 2 is 2.21 bits per heavy atom. The summed E-state index contributed by atoms with van der Waals surface area (Å²) in [7, 11) is 1.52. The summed E-state index contributed by atoms with van der Waals surface area (Å²) in [6.45, 7) is 1.21. The van der Waals surface area contributed by atoms with Crippen molar-refractivity contribution in [2.75, 3.05) is 20.2 Å². The van der Waals surface area contributed by atoms with E-state index < -0.39 is 0 Å². The number of carbonyl (C=O) groups is 1. The second kappa shape index (κ2) is 7.63. The first-order valence-corrected chi connectivity index (χ1v) is 7.78. The van der Waals surface area contributed by atoms with Crippen molar-refractivity contribution < 1.29 is 18.7 Å². The van der Waals surface area contributed by atoms with Gasteiger partial charge >= 0.3 is 0 Å². The third kappa shape index (κ3) is 3.92. The van der Waals surface area contributed by atoms with Crippen LogP contribution in [0.1, 0.15) is 18.6 Å². The van der Waals surface area contributed by atoms with Crippen molar-refractivity contribution >= 4 is 12.0 Å². The predicted octanol–water partition coefficient (Wildman–Crippen LogP) is 2.16. The zero-order valence-electron chi connectivity index (χ0n) is 13.4. The Morgan fingerprint density at radius 1 is 1.38 bits per heavy atom. The number of amides is 1. The number of nitrogens with zero attached hydrogens (tertiary/aromatic N) is 3. The lowest BCUT2D eigenvalue weighted by Crippen LogP contribution is -2.43. The normalized spacial score (nSPS) is 17.9. The molecule has 0 bridgehead atoms. The van der Waals surface area contributed by atoms with Crippen molar-refractivity contribution in [1.82, 2.24) is 14.9 Å². The topological polar surface area (TPSA) is 77.7 Å². The van der Waals surface area contributed by atoms with Crippen LogP contribution in [0.3, 0.4) is 0 Å². The van der Waals surface area contributed by atoms with Crippen molar-refractivity contribution in [2.45, 2.75) is 18.9 Å². The number of hydrogen-bond donors (Lipinski definition) is 0. The SMILES string of the molecule is COc1nccnc1O[C@@H]1CCCN(C(=O)/C=C/c2ccco2)C1. The highest BCUT2D eigenvalue weighted by Crippen LogP contribution is 2.24. The number of carbonyl (C=O) groups excluding carboxylic acids is 1. The maximum absolute atomic E-state index is 12.3. The number of hydrogen-bond acceptors (Lipinski definition) is 6. The highest BCUT2D eigenvalue weighted by atomic mass is 16.5. The predicted molar refractivity (Wildman–Crippen MR) is 86.6 cm³/mol. The molecule has 1 fully saturated rings. The lowest BCUT2D eigenvalue weighted by molar-refractivity contribution is -0.128. The van der Waals surface area contributed by atoms with Crippen LogP contribution in [-0.4, -0.2) is 47.1 Å². The monoisotopic (exact) mass is 329 g/mol. The van der Waals surface area contributed by atoms with Crippen LogP contribution in [0.25, 0.3) is 6.08 Å². The number of methoxy groups -OCH3 is 1. The summed E-state index contributed by atoms with van der Waals surface area (Å²) in [4.78, 5) is 22.3. The molecule has 1 aliphatic heterocycles. The molecule has 0 aliphatic carbocycles. The number of furan rings is 1. The van der Waals surface area contributed by atoms with E-state index in [-0.39, 0.29) is 12.0 Å². The van der Waals surface area contributed by atoms with Gasteiger partial charge in [-0.25, -0.2) is 9.97 Å². The van der Waals surface area contributed by atoms with Crippen molar-refractivity contribution in [3.8, 4) is 11.8 Å². The summed E-state index contributed by atoms with van der Waals surface area (Å²) in [5, 5.41) is 0. The fourth-order valence-corrected chi connectivity index (χ4v) is 2.57. The van der Waals surface area contributed by atoms with Crippen molar-refractivity contribution in [2.24, 2.45) is 0 Å². The second-order valence-electron chi connectivity index (χ2n) is 5.39. The molecule has 2 aromatic heterocycles. The fraction of sp³-hybridized carbons (Fsp3) is 0.353. The molecule has 1 saturated heterocycles. The van der Waals surface area contributed by atoms with E-state index in [0.29, 0.717) is 30.6 Å². The van der Waals surface area contributed by atoms with Gasteiger partial charge in [0.25, 0.3) is 11.8 Å². The minimum atomic E-state index is -0.134. The minimum Gasteiger partial charge on any atom is -0.477 e. The molecule has 126 valence electrons. The molecule has 0 spiro atoms. The molecule has 7 heteroatoms. The summed E-state index contributed by atoms with van der Waals surface area (Å²) in [5.41, 5.74) is 0. The molecule has 24 heavy (non-hydrogen) atoms. The van der Waals surface area contributed by atoms with E-state index in [1.54, 1.807) is 41.8 Å². The van der Waals surface area contributed by atoms with Crippen molar-refractivity contribution in [1.29, 1.82) is 0 Å². The van der Waals surface area contributed by atoms with Crippen LogP contribution < -0.4 is 9.47 Å². The zero-order chi connectivity index (χ0) is 16.8. The lowest BCUT2D eigenvalue weighted by Gasteiger charge is -2.32. The molecule has 0 saturated carbocycles. The molecular formula is C17H19N3O4. The largest absolute Gasteiger partial charge is 0.477 e. The van der Waals surface area contributed by atoms with Gasteiger partial charge in [0.1, 0.15) is 11.9 Å². The Hall–Kier alpha value is -2.83. The molecule has 1 atom stereocenters. The van der Waals surface area contributed by atoms with E-state index in [2.05, 4.69) is 9.97 Å². The summed E-state index contributed by atoms with van der Waals surface area (Å²) in [5.74, 6) is 1.28.